The van der Waals surface area contributed by atoms with Gasteiger partial charge in [-0.3, -0.25) is 9.59 Å². The van der Waals surface area contributed by atoms with Crippen LogP contribution in [-0.2, 0) is 11.3 Å². The van der Waals surface area contributed by atoms with Gasteiger partial charge in [0.2, 0.25) is 5.91 Å². The highest BCUT2D eigenvalue weighted by Crippen LogP contribution is 2.57. The molecule has 4 bridgehead atoms. The Morgan fingerprint density at radius 3 is 2.37 bits per heavy atom. The lowest BCUT2D eigenvalue weighted by atomic mass is 9.51. The van der Waals surface area contributed by atoms with Crippen LogP contribution in [0.5, 0.6) is 0 Å². The van der Waals surface area contributed by atoms with Crippen molar-refractivity contribution < 1.29 is 14.7 Å². The molecule has 1 aromatic carbocycles. The van der Waals surface area contributed by atoms with E-state index in [2.05, 4.69) is 10.3 Å². The molecule has 1 heterocycles. The lowest BCUT2D eigenvalue weighted by Gasteiger charge is -2.54. The normalized spacial score (nSPS) is 29.3. The number of benzene rings is 1. The molecule has 4 aliphatic rings. The molecule has 6 nitrogen and oxygen atoms in total. The van der Waals surface area contributed by atoms with Crippen LogP contribution in [0.3, 0.4) is 0 Å². The molecule has 1 aromatic heterocycles. The van der Waals surface area contributed by atoms with Gasteiger partial charge in [0.15, 0.2) is 0 Å². The van der Waals surface area contributed by atoms with Gasteiger partial charge in [-0.25, -0.2) is 4.79 Å². The van der Waals surface area contributed by atoms with Crippen LogP contribution in [-0.4, -0.2) is 22.0 Å². The van der Waals surface area contributed by atoms with Gasteiger partial charge in [0.1, 0.15) is 5.56 Å². The highest BCUT2D eigenvalue weighted by atomic mass is 35.5. The van der Waals surface area contributed by atoms with Crippen molar-refractivity contribution in [3.05, 3.63) is 44.7 Å². The molecule has 0 saturated heterocycles. The first-order valence-electron chi connectivity index (χ1n) is 10.7. The summed E-state index contributed by atoms with van der Waals surface area (Å²) in [6.45, 7) is 0.242. The van der Waals surface area contributed by atoms with Crippen LogP contribution >= 0.6 is 11.6 Å². The van der Waals surface area contributed by atoms with Gasteiger partial charge in [-0.05, 0) is 85.5 Å². The minimum Gasteiger partial charge on any atom is -0.477 e. The van der Waals surface area contributed by atoms with Crippen LogP contribution in [0.1, 0.15) is 54.4 Å². The quantitative estimate of drug-likeness (QED) is 0.671. The maximum absolute atomic E-state index is 12.7. The molecule has 0 atom stereocenters. The number of amides is 1. The first kappa shape index (κ1) is 19.6. The van der Waals surface area contributed by atoms with E-state index in [0.717, 1.165) is 11.8 Å². The summed E-state index contributed by atoms with van der Waals surface area (Å²) in [6, 6.07) is 4.63. The predicted molar refractivity (Wildman–Crippen MR) is 114 cm³/mol. The summed E-state index contributed by atoms with van der Waals surface area (Å²) in [6.07, 6.45) is 7.12. The number of pyridine rings is 1. The third-order valence-electron chi connectivity index (χ3n) is 7.55. The third-order valence-corrected chi connectivity index (χ3v) is 7.77. The van der Waals surface area contributed by atoms with Gasteiger partial charge in [0.25, 0.3) is 5.56 Å². The number of hydrogen-bond donors (Lipinski definition) is 3. The van der Waals surface area contributed by atoms with Crippen molar-refractivity contribution in [1.29, 1.82) is 0 Å². The monoisotopic (exact) mass is 428 g/mol. The zero-order chi connectivity index (χ0) is 21.0. The van der Waals surface area contributed by atoms with Crippen molar-refractivity contribution >= 4 is 34.4 Å². The molecule has 0 unspecified atom stereocenters. The molecule has 7 heteroatoms. The molecule has 1 amide bonds. The molecule has 4 fully saturated rings. The molecule has 3 N–H and O–H groups in total. The standard InChI is InChI=1S/C23H25ClN2O4/c24-17-6-15-8-19(23(29)30)22(28)26-21(15)16(7-17)10-25-20(27)9-18-13-2-11-1-12(4-13)5-14(18)3-11/h6-8,11-14,18H,1-5,9-10H2,(H,25,27)(H,26,28)(H,29,30). The Labute approximate surface area is 179 Å². The molecule has 4 saturated carbocycles. The van der Waals surface area contributed by atoms with Crippen LogP contribution in [0.25, 0.3) is 10.9 Å². The summed E-state index contributed by atoms with van der Waals surface area (Å²) >= 11 is 6.20. The fourth-order valence-electron chi connectivity index (χ4n) is 6.50. The molecule has 0 spiro atoms. The second kappa shape index (κ2) is 7.41. The third kappa shape index (κ3) is 3.51. The maximum Gasteiger partial charge on any atom is 0.341 e. The van der Waals surface area contributed by atoms with E-state index in [4.69, 9.17) is 11.6 Å². The van der Waals surface area contributed by atoms with E-state index in [9.17, 15) is 19.5 Å². The fourth-order valence-corrected chi connectivity index (χ4v) is 6.75. The van der Waals surface area contributed by atoms with Gasteiger partial charge in [0, 0.05) is 23.4 Å². The summed E-state index contributed by atoms with van der Waals surface area (Å²) in [5, 5.41) is 13.1. The Morgan fingerprint density at radius 2 is 1.73 bits per heavy atom. The van der Waals surface area contributed by atoms with E-state index < -0.39 is 11.5 Å². The number of nitrogens with one attached hydrogen (secondary N) is 2. The Morgan fingerprint density at radius 1 is 1.07 bits per heavy atom. The first-order chi connectivity index (χ1) is 14.4. The number of fused-ring (bicyclic) bond motifs is 1. The number of halogens is 1. The molecule has 2 aromatic rings. The van der Waals surface area contributed by atoms with Gasteiger partial charge >= 0.3 is 5.97 Å². The zero-order valence-corrected chi connectivity index (χ0v) is 17.4. The lowest BCUT2D eigenvalue weighted by molar-refractivity contribution is -0.126. The molecule has 0 radical (unpaired) electrons. The minimum atomic E-state index is -1.29. The van der Waals surface area contributed by atoms with E-state index in [-0.39, 0.29) is 18.0 Å². The van der Waals surface area contributed by atoms with E-state index in [0.29, 0.717) is 45.7 Å². The summed E-state index contributed by atoms with van der Waals surface area (Å²) in [5.74, 6) is 2.41. The van der Waals surface area contributed by atoms with Crippen LogP contribution in [0, 0.1) is 29.6 Å². The average Bonchev–Trinajstić information content (AvgIpc) is 2.68. The van der Waals surface area contributed by atoms with Gasteiger partial charge in [0.05, 0.1) is 5.52 Å². The number of aromatic amines is 1. The number of aromatic carboxylic acids is 1. The molecule has 30 heavy (non-hydrogen) atoms. The number of carbonyl (C=O) groups is 2. The van der Waals surface area contributed by atoms with Crippen LogP contribution in [0.2, 0.25) is 5.02 Å². The van der Waals surface area contributed by atoms with Crippen LogP contribution in [0.15, 0.2) is 23.0 Å². The Kier molecular flexibility index (Phi) is 4.85. The number of carboxylic acids is 1. The van der Waals surface area contributed by atoms with E-state index in [1.807, 2.05) is 0 Å². The van der Waals surface area contributed by atoms with Crippen molar-refractivity contribution in [3.8, 4) is 0 Å². The molecular weight excluding hydrogens is 404 g/mol. The summed E-state index contributed by atoms with van der Waals surface area (Å²) in [7, 11) is 0. The number of hydrogen-bond acceptors (Lipinski definition) is 3. The maximum atomic E-state index is 12.7. The van der Waals surface area contributed by atoms with Gasteiger partial charge in [-0.2, -0.15) is 0 Å². The Hall–Kier alpha value is -2.34. The average molecular weight is 429 g/mol. The SMILES string of the molecule is O=C(CC1C2CC3CC(C2)CC1C3)NCc1cc(Cl)cc2cc(C(=O)O)c(=O)[nH]c12. The number of H-pyrrole nitrogens is 1. The fraction of sp³-hybridized carbons (Fsp3) is 0.522. The summed E-state index contributed by atoms with van der Waals surface area (Å²) in [4.78, 5) is 38.7. The second-order valence-corrected chi connectivity index (χ2v) is 9.86. The van der Waals surface area contributed by atoms with E-state index in [1.165, 1.54) is 38.2 Å². The molecular formula is C23H25ClN2O4. The van der Waals surface area contributed by atoms with Crippen molar-refractivity contribution in [1.82, 2.24) is 10.3 Å². The van der Waals surface area contributed by atoms with Gasteiger partial charge in [-0.1, -0.05) is 11.6 Å². The number of aromatic nitrogens is 1. The topological polar surface area (TPSA) is 99.3 Å². The van der Waals surface area contributed by atoms with Crippen molar-refractivity contribution in [2.75, 3.05) is 0 Å². The molecule has 6 rings (SSSR count). The number of rotatable bonds is 5. The summed E-state index contributed by atoms with van der Waals surface area (Å²) < 4.78 is 0. The molecule has 0 aliphatic heterocycles. The highest BCUT2D eigenvalue weighted by molar-refractivity contribution is 6.31. The van der Waals surface area contributed by atoms with E-state index >= 15 is 0 Å². The zero-order valence-electron chi connectivity index (χ0n) is 16.6. The van der Waals surface area contributed by atoms with Gasteiger partial charge in [-0.15, -0.1) is 0 Å². The van der Waals surface area contributed by atoms with E-state index in [1.54, 1.807) is 12.1 Å². The Balaban J connectivity index is 1.31. The largest absolute Gasteiger partial charge is 0.477 e. The number of carboxylic acid groups (broad SMARTS) is 1. The van der Waals surface area contributed by atoms with Crippen LogP contribution in [0.4, 0.5) is 0 Å². The minimum absolute atomic E-state index is 0.0325. The molecule has 4 aliphatic carbocycles. The highest BCUT2D eigenvalue weighted by Gasteiger charge is 2.48. The van der Waals surface area contributed by atoms with Crippen molar-refractivity contribution in [2.45, 2.75) is 45.1 Å². The second-order valence-electron chi connectivity index (χ2n) is 9.42. The lowest BCUT2D eigenvalue weighted by Crippen LogP contribution is -2.46. The predicted octanol–water partition coefficient (Wildman–Crippen LogP) is 3.96. The van der Waals surface area contributed by atoms with Gasteiger partial charge < -0.3 is 15.4 Å². The summed E-state index contributed by atoms with van der Waals surface area (Å²) in [5.41, 5.74) is 0.175. The van der Waals surface area contributed by atoms with Crippen LogP contribution < -0.4 is 10.9 Å². The Bertz CT molecular complexity index is 1060. The van der Waals surface area contributed by atoms with Crippen molar-refractivity contribution in [3.63, 3.8) is 0 Å². The molecule has 158 valence electrons. The van der Waals surface area contributed by atoms with Crippen molar-refractivity contribution in [2.24, 2.45) is 29.6 Å². The smallest absolute Gasteiger partial charge is 0.341 e. The first-order valence-corrected chi connectivity index (χ1v) is 11.1. The number of carbonyl (C=O) groups excluding carboxylic acids is 1.